The fourth-order valence-corrected chi connectivity index (χ4v) is 2.54. The summed E-state index contributed by atoms with van der Waals surface area (Å²) in [5.74, 6) is 0.833. The molecule has 0 N–H and O–H groups in total. The van der Waals surface area contributed by atoms with E-state index in [2.05, 4.69) is 36.0 Å². The molecule has 0 amide bonds. The molecule has 1 aromatic carbocycles. The number of pyridine rings is 1. The molecule has 0 spiro atoms. The zero-order valence-electron chi connectivity index (χ0n) is 17.7. The van der Waals surface area contributed by atoms with Gasteiger partial charge in [-0.2, -0.15) is 10.2 Å². The Morgan fingerprint density at radius 2 is 1.45 bits per heavy atom. The first-order valence-corrected chi connectivity index (χ1v) is 9.42. The highest BCUT2D eigenvalue weighted by molar-refractivity contribution is 5.80. The molecule has 0 aliphatic carbocycles. The summed E-state index contributed by atoms with van der Waals surface area (Å²) in [6, 6.07) is 10.9. The number of fused-ring (bicyclic) bond motifs is 2. The molecule has 4 rings (SSSR count). The van der Waals surface area contributed by atoms with Crippen molar-refractivity contribution in [2.45, 2.75) is 27.7 Å². The molecule has 0 aliphatic heterocycles. The lowest BCUT2D eigenvalue weighted by Gasteiger charge is -2.01. The van der Waals surface area contributed by atoms with E-state index < -0.39 is 0 Å². The van der Waals surface area contributed by atoms with Gasteiger partial charge in [0.05, 0.1) is 28.2 Å². The Morgan fingerprint density at radius 1 is 0.862 bits per heavy atom. The van der Waals surface area contributed by atoms with E-state index >= 15 is 0 Å². The topological polar surface area (TPSA) is 82.7 Å². The number of hydrogen-bond acceptors (Lipinski definition) is 5. The van der Waals surface area contributed by atoms with Crippen molar-refractivity contribution in [3.05, 3.63) is 75.2 Å². The van der Waals surface area contributed by atoms with Crippen molar-refractivity contribution in [2.24, 2.45) is 20.0 Å². The van der Waals surface area contributed by atoms with Crippen LogP contribution in [0, 0.1) is 12.8 Å². The monoisotopic (exact) mass is 393 g/mol. The number of aryl methyl sites for hydroxylation is 3. The molecule has 152 valence electrons. The number of benzene rings is 1. The molecule has 7 heteroatoms. The SMILES string of the molecule is CC(C)C.Cc1nn(C)c(=O)c2cccnc12.Cn1ncc2ccccc2c1=O. The summed E-state index contributed by atoms with van der Waals surface area (Å²) in [5.41, 5.74) is 1.31. The molecule has 0 bridgehead atoms. The highest BCUT2D eigenvalue weighted by atomic mass is 16.1. The third kappa shape index (κ3) is 5.57. The molecule has 0 saturated heterocycles. The molecule has 7 nitrogen and oxygen atoms in total. The molecule has 0 aliphatic rings. The Bertz CT molecular complexity index is 1220. The van der Waals surface area contributed by atoms with Crippen molar-refractivity contribution in [3.63, 3.8) is 0 Å². The van der Waals surface area contributed by atoms with Crippen molar-refractivity contribution >= 4 is 21.7 Å². The summed E-state index contributed by atoms with van der Waals surface area (Å²) >= 11 is 0. The fourth-order valence-electron chi connectivity index (χ4n) is 2.54. The van der Waals surface area contributed by atoms with Gasteiger partial charge < -0.3 is 0 Å². The summed E-state index contributed by atoms with van der Waals surface area (Å²) < 4.78 is 2.67. The minimum atomic E-state index is -0.103. The maximum absolute atomic E-state index is 11.5. The lowest BCUT2D eigenvalue weighted by atomic mass is 10.2. The van der Waals surface area contributed by atoms with E-state index in [0.29, 0.717) is 10.9 Å². The average molecular weight is 393 g/mol. The maximum Gasteiger partial charge on any atom is 0.275 e. The van der Waals surface area contributed by atoms with Crippen LogP contribution in [0.4, 0.5) is 0 Å². The van der Waals surface area contributed by atoms with Crippen molar-refractivity contribution in [2.75, 3.05) is 0 Å². The van der Waals surface area contributed by atoms with Gasteiger partial charge in [-0.25, -0.2) is 9.36 Å². The second-order valence-electron chi connectivity index (χ2n) is 7.31. The molecule has 3 heterocycles. The summed E-state index contributed by atoms with van der Waals surface area (Å²) in [6.45, 7) is 8.34. The van der Waals surface area contributed by atoms with Gasteiger partial charge in [0.15, 0.2) is 0 Å². The Labute approximate surface area is 169 Å². The normalized spacial score (nSPS) is 10.3. The third-order valence-corrected chi connectivity index (χ3v) is 3.83. The van der Waals surface area contributed by atoms with Gasteiger partial charge in [-0.1, -0.05) is 39.0 Å². The standard InChI is InChI=1S/C9H9N3O.C9H8N2O.C4H10/c1-6-8-7(4-3-5-10-8)9(13)12(2)11-6;1-11-9(12)8-5-3-2-4-7(8)6-10-11;1-4(2)3/h3-5H,1-2H3;2-6H,1H3;4H,1-3H3. The van der Waals surface area contributed by atoms with E-state index in [1.54, 1.807) is 44.7 Å². The summed E-state index contributed by atoms with van der Waals surface area (Å²) in [4.78, 5) is 27.1. The zero-order valence-corrected chi connectivity index (χ0v) is 17.7. The predicted molar refractivity (Wildman–Crippen MR) is 117 cm³/mol. The van der Waals surface area contributed by atoms with Crippen molar-refractivity contribution in [3.8, 4) is 0 Å². The minimum absolute atomic E-state index is 0.0481. The molecular weight excluding hydrogens is 366 g/mol. The highest BCUT2D eigenvalue weighted by Gasteiger charge is 2.04. The highest BCUT2D eigenvalue weighted by Crippen LogP contribution is 2.07. The van der Waals surface area contributed by atoms with E-state index in [4.69, 9.17) is 0 Å². The summed E-state index contributed by atoms with van der Waals surface area (Å²) in [6.07, 6.45) is 3.35. The Hall–Kier alpha value is -3.35. The second kappa shape index (κ2) is 9.73. The van der Waals surface area contributed by atoms with Crippen molar-refractivity contribution in [1.29, 1.82) is 0 Å². The minimum Gasteiger partial charge on any atom is -0.267 e. The predicted octanol–water partition coefficient (Wildman–Crippen LogP) is 3.23. The van der Waals surface area contributed by atoms with Gasteiger partial charge >= 0.3 is 0 Å². The molecule has 0 fully saturated rings. The van der Waals surface area contributed by atoms with Gasteiger partial charge in [-0.15, -0.1) is 0 Å². The fraction of sp³-hybridized carbons (Fsp3) is 0.318. The van der Waals surface area contributed by atoms with Crippen LogP contribution in [-0.2, 0) is 14.1 Å². The van der Waals surface area contributed by atoms with Gasteiger partial charge in [-0.3, -0.25) is 14.6 Å². The van der Waals surface area contributed by atoms with Gasteiger partial charge in [0.2, 0.25) is 0 Å². The first-order valence-electron chi connectivity index (χ1n) is 9.42. The van der Waals surface area contributed by atoms with Gasteiger partial charge in [-0.05, 0) is 31.0 Å². The van der Waals surface area contributed by atoms with Crippen LogP contribution in [0.5, 0.6) is 0 Å². The molecule has 3 aromatic heterocycles. The van der Waals surface area contributed by atoms with Crippen LogP contribution >= 0.6 is 0 Å². The number of hydrogen-bond donors (Lipinski definition) is 0. The Morgan fingerprint density at radius 3 is 2.14 bits per heavy atom. The molecule has 0 saturated carbocycles. The van der Waals surface area contributed by atoms with Crippen LogP contribution in [0.3, 0.4) is 0 Å². The maximum atomic E-state index is 11.5. The van der Waals surface area contributed by atoms with Crippen LogP contribution in [-0.4, -0.2) is 24.5 Å². The smallest absolute Gasteiger partial charge is 0.267 e. The molecule has 0 unspecified atom stereocenters. The van der Waals surface area contributed by atoms with Crippen molar-refractivity contribution < 1.29 is 0 Å². The van der Waals surface area contributed by atoms with E-state index in [1.165, 1.54) is 9.36 Å². The molecule has 4 aromatic rings. The number of rotatable bonds is 0. The molecule has 29 heavy (non-hydrogen) atoms. The van der Waals surface area contributed by atoms with Crippen LogP contribution in [0.25, 0.3) is 21.7 Å². The number of nitrogens with zero attached hydrogens (tertiary/aromatic N) is 5. The van der Waals surface area contributed by atoms with Gasteiger partial charge in [0.25, 0.3) is 11.1 Å². The van der Waals surface area contributed by atoms with Crippen LogP contribution in [0.15, 0.2) is 58.4 Å². The lowest BCUT2D eigenvalue weighted by Crippen LogP contribution is -2.20. The third-order valence-electron chi connectivity index (χ3n) is 3.83. The Balaban J connectivity index is 0.000000176. The molecular formula is C22H27N5O2. The molecule has 0 atom stereocenters. The van der Waals surface area contributed by atoms with Crippen LogP contribution in [0.2, 0.25) is 0 Å². The Kier molecular flexibility index (Phi) is 7.36. The van der Waals surface area contributed by atoms with Crippen LogP contribution in [0.1, 0.15) is 26.5 Å². The van der Waals surface area contributed by atoms with E-state index in [9.17, 15) is 9.59 Å². The first-order chi connectivity index (χ1) is 13.7. The van der Waals surface area contributed by atoms with Gasteiger partial charge in [0, 0.05) is 25.7 Å². The second-order valence-corrected chi connectivity index (χ2v) is 7.31. The first kappa shape index (κ1) is 21.9. The lowest BCUT2D eigenvalue weighted by molar-refractivity contribution is 0.703. The number of aromatic nitrogens is 5. The van der Waals surface area contributed by atoms with Crippen molar-refractivity contribution in [1.82, 2.24) is 24.5 Å². The summed E-state index contributed by atoms with van der Waals surface area (Å²) in [7, 11) is 3.29. The van der Waals surface area contributed by atoms with Crippen LogP contribution < -0.4 is 11.1 Å². The van der Waals surface area contributed by atoms with E-state index in [0.717, 1.165) is 22.4 Å². The molecule has 0 radical (unpaired) electrons. The zero-order chi connectivity index (χ0) is 21.6. The van der Waals surface area contributed by atoms with E-state index in [1.807, 2.05) is 25.1 Å². The quantitative estimate of drug-likeness (QED) is 0.458. The van der Waals surface area contributed by atoms with E-state index in [-0.39, 0.29) is 11.1 Å². The summed E-state index contributed by atoms with van der Waals surface area (Å²) in [5, 5.41) is 10.2. The van der Waals surface area contributed by atoms with Gasteiger partial charge in [0.1, 0.15) is 0 Å². The average Bonchev–Trinajstić information content (AvgIpc) is 2.69. The largest absolute Gasteiger partial charge is 0.275 e.